The third-order valence-electron chi connectivity index (χ3n) is 1.81. The molecule has 70 valence electrons. The molecule has 4 heteroatoms. The predicted molar refractivity (Wildman–Crippen MR) is 54.0 cm³/mol. The Hall–Kier alpha value is -1.61. The minimum absolute atomic E-state index is 0.528. The summed E-state index contributed by atoms with van der Waals surface area (Å²) in [6, 6.07) is 6.90. The normalized spacial score (nSPS) is 10.1. The molecular weight excluding hydrogens is 200 g/mol. The van der Waals surface area contributed by atoms with E-state index >= 15 is 0 Å². The van der Waals surface area contributed by atoms with E-state index in [2.05, 4.69) is 5.10 Å². The molecule has 0 aliphatic heterocycles. The van der Waals surface area contributed by atoms with Crippen molar-refractivity contribution in [2.75, 3.05) is 0 Å². The number of hydrogen-bond acceptors (Lipinski definition) is 2. The van der Waals surface area contributed by atoms with Gasteiger partial charge in [-0.1, -0.05) is 11.6 Å². The van der Waals surface area contributed by atoms with Crippen LogP contribution in [0, 0.1) is 0 Å². The summed E-state index contributed by atoms with van der Waals surface area (Å²) in [6.07, 6.45) is 4.22. The fourth-order valence-electron chi connectivity index (χ4n) is 1.22. The number of carbonyl (C=O) groups is 1. The number of aromatic nitrogens is 2. The van der Waals surface area contributed by atoms with Crippen molar-refractivity contribution < 1.29 is 4.79 Å². The highest BCUT2D eigenvalue weighted by atomic mass is 35.5. The van der Waals surface area contributed by atoms with Gasteiger partial charge in [-0.2, -0.15) is 5.10 Å². The van der Waals surface area contributed by atoms with Gasteiger partial charge in [0.1, 0.15) is 6.29 Å². The van der Waals surface area contributed by atoms with Crippen molar-refractivity contribution in [3.05, 3.63) is 47.2 Å². The summed E-state index contributed by atoms with van der Waals surface area (Å²) in [5, 5.41) is 4.57. The Morgan fingerprint density at radius 1 is 1.36 bits per heavy atom. The second-order valence-electron chi connectivity index (χ2n) is 2.81. The minimum Gasteiger partial charge on any atom is -0.298 e. The number of benzene rings is 1. The van der Waals surface area contributed by atoms with E-state index in [0.29, 0.717) is 10.6 Å². The molecule has 0 amide bonds. The maximum atomic E-state index is 10.6. The standard InChI is InChI=1S/C10H7ClN2O/c11-9-4-8(7-14)5-10(6-9)13-3-1-2-12-13/h1-7H. The van der Waals surface area contributed by atoms with Gasteiger partial charge in [-0.05, 0) is 24.3 Å². The molecule has 0 saturated carbocycles. The number of carbonyl (C=O) groups excluding carboxylic acids is 1. The van der Waals surface area contributed by atoms with E-state index in [4.69, 9.17) is 11.6 Å². The van der Waals surface area contributed by atoms with E-state index in [-0.39, 0.29) is 0 Å². The van der Waals surface area contributed by atoms with Crippen LogP contribution in [0.5, 0.6) is 0 Å². The Morgan fingerprint density at radius 2 is 2.21 bits per heavy atom. The van der Waals surface area contributed by atoms with Gasteiger partial charge in [0.25, 0.3) is 0 Å². The van der Waals surface area contributed by atoms with E-state index in [9.17, 15) is 4.79 Å². The molecule has 2 rings (SSSR count). The highest BCUT2D eigenvalue weighted by molar-refractivity contribution is 6.31. The zero-order chi connectivity index (χ0) is 9.97. The molecule has 0 N–H and O–H groups in total. The van der Waals surface area contributed by atoms with Gasteiger partial charge in [0.05, 0.1) is 5.69 Å². The topological polar surface area (TPSA) is 34.9 Å². The van der Waals surface area contributed by atoms with E-state index in [1.807, 2.05) is 6.07 Å². The van der Waals surface area contributed by atoms with Crippen LogP contribution in [0.2, 0.25) is 5.02 Å². The zero-order valence-corrected chi connectivity index (χ0v) is 7.98. The molecule has 1 aromatic heterocycles. The summed E-state index contributed by atoms with van der Waals surface area (Å²) in [5.74, 6) is 0. The number of hydrogen-bond donors (Lipinski definition) is 0. The number of nitrogens with zero attached hydrogens (tertiary/aromatic N) is 2. The van der Waals surface area contributed by atoms with Crippen LogP contribution < -0.4 is 0 Å². The first kappa shape index (κ1) is 8.97. The van der Waals surface area contributed by atoms with Crippen LogP contribution in [0.15, 0.2) is 36.7 Å². The molecule has 0 saturated heterocycles. The van der Waals surface area contributed by atoms with Crippen LogP contribution >= 0.6 is 11.6 Å². The monoisotopic (exact) mass is 206 g/mol. The molecule has 0 aliphatic carbocycles. The minimum atomic E-state index is 0.528. The Morgan fingerprint density at radius 3 is 2.86 bits per heavy atom. The molecule has 0 aliphatic rings. The summed E-state index contributed by atoms with van der Waals surface area (Å²) >= 11 is 5.85. The van der Waals surface area contributed by atoms with Gasteiger partial charge in [0, 0.05) is 23.0 Å². The molecule has 1 aromatic carbocycles. The number of aldehydes is 1. The highest BCUT2D eigenvalue weighted by Crippen LogP contribution is 2.16. The van der Waals surface area contributed by atoms with Crippen molar-refractivity contribution in [1.29, 1.82) is 0 Å². The van der Waals surface area contributed by atoms with E-state index in [1.165, 1.54) is 0 Å². The van der Waals surface area contributed by atoms with Gasteiger partial charge in [-0.15, -0.1) is 0 Å². The Bertz CT molecular complexity index is 451. The first-order valence-electron chi connectivity index (χ1n) is 4.05. The van der Waals surface area contributed by atoms with Gasteiger partial charge < -0.3 is 0 Å². The summed E-state index contributed by atoms with van der Waals surface area (Å²) in [4.78, 5) is 10.6. The Balaban J connectivity index is 2.54. The third-order valence-corrected chi connectivity index (χ3v) is 2.03. The molecule has 0 radical (unpaired) electrons. The molecule has 0 fully saturated rings. The van der Waals surface area contributed by atoms with Crippen LogP contribution in [-0.2, 0) is 0 Å². The molecule has 0 bridgehead atoms. The van der Waals surface area contributed by atoms with Crippen molar-refractivity contribution in [3.8, 4) is 5.69 Å². The second-order valence-corrected chi connectivity index (χ2v) is 3.25. The van der Waals surface area contributed by atoms with Crippen LogP contribution in [-0.4, -0.2) is 16.1 Å². The van der Waals surface area contributed by atoms with E-state index in [1.54, 1.807) is 35.3 Å². The number of halogens is 1. The van der Waals surface area contributed by atoms with Gasteiger partial charge in [0.2, 0.25) is 0 Å². The fourth-order valence-corrected chi connectivity index (χ4v) is 1.46. The predicted octanol–water partition coefficient (Wildman–Crippen LogP) is 2.34. The molecule has 0 spiro atoms. The molecule has 1 heterocycles. The van der Waals surface area contributed by atoms with Gasteiger partial charge >= 0.3 is 0 Å². The first-order valence-corrected chi connectivity index (χ1v) is 4.43. The van der Waals surface area contributed by atoms with Crippen LogP contribution in [0.1, 0.15) is 10.4 Å². The largest absolute Gasteiger partial charge is 0.298 e. The average Bonchev–Trinajstić information content (AvgIpc) is 2.69. The molecule has 0 atom stereocenters. The lowest BCUT2D eigenvalue weighted by molar-refractivity contribution is 0.112. The van der Waals surface area contributed by atoms with Gasteiger partial charge in [0.15, 0.2) is 0 Å². The lowest BCUT2D eigenvalue weighted by Gasteiger charge is -2.02. The quantitative estimate of drug-likeness (QED) is 0.707. The summed E-state index contributed by atoms with van der Waals surface area (Å²) in [7, 11) is 0. The van der Waals surface area contributed by atoms with Crippen molar-refractivity contribution in [2.45, 2.75) is 0 Å². The average molecular weight is 207 g/mol. The lowest BCUT2D eigenvalue weighted by atomic mass is 10.2. The maximum Gasteiger partial charge on any atom is 0.150 e. The summed E-state index contributed by atoms with van der Waals surface area (Å²) < 4.78 is 1.65. The van der Waals surface area contributed by atoms with E-state index in [0.717, 1.165) is 12.0 Å². The zero-order valence-electron chi connectivity index (χ0n) is 7.22. The molecule has 3 nitrogen and oxygen atoms in total. The highest BCUT2D eigenvalue weighted by Gasteiger charge is 2.00. The molecule has 14 heavy (non-hydrogen) atoms. The van der Waals surface area contributed by atoms with Gasteiger partial charge in [-0.25, -0.2) is 4.68 Å². The summed E-state index contributed by atoms with van der Waals surface area (Å²) in [6.45, 7) is 0. The lowest BCUT2D eigenvalue weighted by Crippen LogP contribution is -1.95. The third kappa shape index (κ3) is 1.67. The Labute approximate surface area is 85.9 Å². The van der Waals surface area contributed by atoms with Crippen LogP contribution in [0.3, 0.4) is 0 Å². The smallest absolute Gasteiger partial charge is 0.150 e. The second kappa shape index (κ2) is 3.64. The van der Waals surface area contributed by atoms with Gasteiger partial charge in [-0.3, -0.25) is 4.79 Å². The molecule has 2 aromatic rings. The van der Waals surface area contributed by atoms with Crippen molar-refractivity contribution in [2.24, 2.45) is 0 Å². The van der Waals surface area contributed by atoms with E-state index < -0.39 is 0 Å². The maximum absolute atomic E-state index is 10.6. The molecule has 0 unspecified atom stereocenters. The van der Waals surface area contributed by atoms with Crippen molar-refractivity contribution in [3.63, 3.8) is 0 Å². The Kier molecular flexibility index (Phi) is 2.33. The van der Waals surface area contributed by atoms with Crippen LogP contribution in [0.25, 0.3) is 5.69 Å². The van der Waals surface area contributed by atoms with Crippen molar-refractivity contribution >= 4 is 17.9 Å². The fraction of sp³-hybridized carbons (Fsp3) is 0. The summed E-state index contributed by atoms with van der Waals surface area (Å²) in [5.41, 5.74) is 1.33. The van der Waals surface area contributed by atoms with Crippen LogP contribution in [0.4, 0.5) is 0 Å². The van der Waals surface area contributed by atoms with Crippen molar-refractivity contribution in [1.82, 2.24) is 9.78 Å². The molecular formula is C10H7ClN2O. The SMILES string of the molecule is O=Cc1cc(Cl)cc(-n2cccn2)c1. The number of rotatable bonds is 2. The first-order chi connectivity index (χ1) is 6.79.